The highest BCUT2D eigenvalue weighted by Gasteiger charge is 2.22. The van der Waals surface area contributed by atoms with Crippen molar-refractivity contribution in [2.45, 2.75) is 25.3 Å². The van der Waals surface area contributed by atoms with Gasteiger partial charge in [0.15, 0.2) is 5.82 Å². The molecule has 1 aliphatic heterocycles. The van der Waals surface area contributed by atoms with Gasteiger partial charge in [-0.15, -0.1) is 11.3 Å². The van der Waals surface area contributed by atoms with Crippen LogP contribution in [0, 0.1) is 0 Å². The molecule has 2 N–H and O–H groups in total. The zero-order valence-electron chi connectivity index (χ0n) is 14.8. The van der Waals surface area contributed by atoms with E-state index in [1.165, 1.54) is 4.88 Å². The minimum absolute atomic E-state index is 0.0834. The van der Waals surface area contributed by atoms with Crippen molar-refractivity contribution in [2.24, 2.45) is 0 Å². The summed E-state index contributed by atoms with van der Waals surface area (Å²) in [6.07, 6.45) is 2.27. The number of carbonyl (C=O) groups excluding carboxylic acids is 1. The number of nitrogens with zero attached hydrogens (tertiary/aromatic N) is 2. The number of aromatic amines is 1. The lowest BCUT2D eigenvalue weighted by atomic mass is 10.0. The van der Waals surface area contributed by atoms with E-state index in [0.29, 0.717) is 6.42 Å². The van der Waals surface area contributed by atoms with Crippen LogP contribution >= 0.6 is 27.3 Å². The fourth-order valence-electron chi connectivity index (χ4n) is 3.38. The molecule has 0 aliphatic carbocycles. The van der Waals surface area contributed by atoms with Crippen LogP contribution in [-0.2, 0) is 11.2 Å². The Hall–Kier alpha value is -2.12. The Bertz CT molecular complexity index is 900. The molecule has 3 heterocycles. The second-order valence-corrected chi connectivity index (χ2v) is 8.52. The number of thiophene rings is 1. The van der Waals surface area contributed by atoms with E-state index in [0.717, 1.165) is 47.5 Å². The third kappa shape index (κ3) is 4.42. The number of amides is 1. The minimum Gasteiger partial charge on any atom is -0.355 e. The number of piperidine rings is 1. The van der Waals surface area contributed by atoms with E-state index < -0.39 is 0 Å². The van der Waals surface area contributed by atoms with Crippen LogP contribution < -0.4 is 10.2 Å². The predicted octanol–water partition coefficient (Wildman–Crippen LogP) is 4.23. The summed E-state index contributed by atoms with van der Waals surface area (Å²) in [6, 6.07) is 14.3. The van der Waals surface area contributed by atoms with E-state index in [-0.39, 0.29) is 11.9 Å². The largest absolute Gasteiger partial charge is 0.355 e. The summed E-state index contributed by atoms with van der Waals surface area (Å²) in [5.74, 6) is 1.07. The summed E-state index contributed by atoms with van der Waals surface area (Å²) in [4.78, 5) is 15.8. The Balaban J connectivity index is 1.29. The Morgan fingerprint density at radius 1 is 1.26 bits per heavy atom. The highest BCUT2D eigenvalue weighted by Crippen LogP contribution is 2.27. The van der Waals surface area contributed by atoms with E-state index in [4.69, 9.17) is 0 Å². The first-order valence-electron chi connectivity index (χ1n) is 9.06. The first-order chi connectivity index (χ1) is 13.2. The van der Waals surface area contributed by atoms with Gasteiger partial charge in [-0.2, -0.15) is 5.10 Å². The molecular weight excluding hydrogens is 424 g/mol. The van der Waals surface area contributed by atoms with Gasteiger partial charge in [0.05, 0.1) is 17.0 Å². The first kappa shape index (κ1) is 18.3. The summed E-state index contributed by atoms with van der Waals surface area (Å²) < 4.78 is 0.982. The maximum absolute atomic E-state index is 12.4. The summed E-state index contributed by atoms with van der Waals surface area (Å²) in [7, 11) is 0. The molecule has 0 bridgehead atoms. The Labute approximate surface area is 170 Å². The number of H-pyrrole nitrogens is 1. The van der Waals surface area contributed by atoms with Crippen molar-refractivity contribution in [1.29, 1.82) is 0 Å². The van der Waals surface area contributed by atoms with Crippen molar-refractivity contribution in [1.82, 2.24) is 15.5 Å². The highest BCUT2D eigenvalue weighted by molar-refractivity contribution is 9.10. The van der Waals surface area contributed by atoms with Gasteiger partial charge in [-0.1, -0.05) is 40.2 Å². The highest BCUT2D eigenvalue weighted by atomic mass is 79.9. The van der Waals surface area contributed by atoms with Gasteiger partial charge >= 0.3 is 0 Å². The van der Waals surface area contributed by atoms with E-state index in [1.54, 1.807) is 11.3 Å². The lowest BCUT2D eigenvalue weighted by Crippen LogP contribution is -2.45. The summed E-state index contributed by atoms with van der Waals surface area (Å²) >= 11 is 5.21. The van der Waals surface area contributed by atoms with Gasteiger partial charge in [-0.3, -0.25) is 9.89 Å². The third-order valence-corrected chi connectivity index (χ3v) is 6.52. The van der Waals surface area contributed by atoms with Crippen LogP contribution in [0.5, 0.6) is 0 Å². The summed E-state index contributed by atoms with van der Waals surface area (Å²) in [6.45, 7) is 1.80. The van der Waals surface area contributed by atoms with Gasteiger partial charge in [0, 0.05) is 29.7 Å². The number of aromatic nitrogens is 2. The molecule has 1 fully saturated rings. The van der Waals surface area contributed by atoms with Crippen molar-refractivity contribution >= 4 is 39.0 Å². The maximum atomic E-state index is 12.4. The number of hydrogen-bond acceptors (Lipinski definition) is 4. The minimum atomic E-state index is 0.0834. The van der Waals surface area contributed by atoms with E-state index >= 15 is 0 Å². The van der Waals surface area contributed by atoms with E-state index in [9.17, 15) is 4.79 Å². The molecular formula is C20H21BrN4OS. The summed E-state index contributed by atoms with van der Waals surface area (Å²) in [5, 5.41) is 12.8. The summed E-state index contributed by atoms with van der Waals surface area (Å²) in [5.41, 5.74) is 2.08. The first-order valence-corrected chi connectivity index (χ1v) is 10.7. The normalized spacial score (nSPS) is 15.1. The molecule has 0 saturated carbocycles. The Morgan fingerprint density at radius 2 is 2.07 bits per heavy atom. The van der Waals surface area contributed by atoms with Gasteiger partial charge in [-0.25, -0.2) is 0 Å². The average molecular weight is 445 g/mol. The SMILES string of the molecule is O=C(Cc1ccccc1Br)NC1CCN(c2cc(-c3cccs3)[nH]n2)CC1. The van der Waals surface area contributed by atoms with E-state index in [1.807, 2.05) is 30.3 Å². The van der Waals surface area contributed by atoms with E-state index in [2.05, 4.69) is 53.9 Å². The number of halogens is 1. The fourth-order valence-corrected chi connectivity index (χ4v) is 4.49. The molecule has 1 amide bonds. The number of hydrogen-bond donors (Lipinski definition) is 2. The molecule has 5 nitrogen and oxygen atoms in total. The molecule has 4 rings (SSSR count). The number of anilines is 1. The molecule has 3 aromatic rings. The smallest absolute Gasteiger partial charge is 0.224 e. The van der Waals surface area contributed by atoms with Crippen molar-refractivity contribution in [3.05, 3.63) is 57.9 Å². The van der Waals surface area contributed by atoms with Crippen molar-refractivity contribution in [3.8, 4) is 10.6 Å². The topological polar surface area (TPSA) is 61.0 Å². The predicted molar refractivity (Wildman–Crippen MR) is 113 cm³/mol. The Kier molecular flexibility index (Phi) is 5.59. The molecule has 0 radical (unpaired) electrons. The number of rotatable bonds is 5. The van der Waals surface area contributed by atoms with Crippen LogP contribution in [0.4, 0.5) is 5.82 Å². The zero-order chi connectivity index (χ0) is 18.6. The fraction of sp³-hybridized carbons (Fsp3) is 0.300. The van der Waals surface area contributed by atoms with Crippen molar-refractivity contribution < 1.29 is 4.79 Å². The second-order valence-electron chi connectivity index (χ2n) is 6.71. The number of benzene rings is 1. The zero-order valence-corrected chi connectivity index (χ0v) is 17.2. The molecule has 27 heavy (non-hydrogen) atoms. The molecule has 1 aromatic carbocycles. The van der Waals surface area contributed by atoms with Gasteiger partial charge in [0.1, 0.15) is 0 Å². The molecule has 2 aromatic heterocycles. The standard InChI is InChI=1S/C20H21BrN4OS/c21-16-5-2-1-4-14(16)12-20(26)22-15-7-9-25(10-8-15)19-13-17(23-24-19)18-6-3-11-27-18/h1-6,11,13,15H,7-10,12H2,(H,22,26)(H,23,24). The molecule has 1 saturated heterocycles. The lowest BCUT2D eigenvalue weighted by molar-refractivity contribution is -0.121. The quantitative estimate of drug-likeness (QED) is 0.618. The molecule has 140 valence electrons. The number of nitrogens with one attached hydrogen (secondary N) is 2. The van der Waals surface area contributed by atoms with Crippen LogP contribution in [-0.4, -0.2) is 35.2 Å². The van der Waals surface area contributed by atoms with Crippen LogP contribution in [0.1, 0.15) is 18.4 Å². The van der Waals surface area contributed by atoms with Crippen LogP contribution in [0.2, 0.25) is 0 Å². The molecule has 0 unspecified atom stereocenters. The molecule has 0 spiro atoms. The van der Waals surface area contributed by atoms with Crippen molar-refractivity contribution in [3.63, 3.8) is 0 Å². The van der Waals surface area contributed by atoms with Crippen molar-refractivity contribution in [2.75, 3.05) is 18.0 Å². The van der Waals surface area contributed by atoms with Gasteiger partial charge in [-0.05, 0) is 35.9 Å². The van der Waals surface area contributed by atoms with Crippen LogP contribution in [0.15, 0.2) is 52.3 Å². The third-order valence-electron chi connectivity index (χ3n) is 4.84. The van der Waals surface area contributed by atoms with Gasteiger partial charge in [0.25, 0.3) is 0 Å². The molecule has 1 aliphatic rings. The average Bonchev–Trinajstić information content (AvgIpc) is 3.36. The monoisotopic (exact) mass is 444 g/mol. The van der Waals surface area contributed by atoms with Gasteiger partial charge < -0.3 is 10.2 Å². The van der Waals surface area contributed by atoms with Gasteiger partial charge in [0.2, 0.25) is 5.91 Å². The lowest BCUT2D eigenvalue weighted by Gasteiger charge is -2.32. The molecule has 7 heteroatoms. The number of carbonyl (C=O) groups is 1. The van der Waals surface area contributed by atoms with Crippen LogP contribution in [0.25, 0.3) is 10.6 Å². The van der Waals surface area contributed by atoms with Crippen LogP contribution in [0.3, 0.4) is 0 Å². The second kappa shape index (κ2) is 8.27. The maximum Gasteiger partial charge on any atom is 0.224 e. The Morgan fingerprint density at radius 3 is 2.81 bits per heavy atom. The molecule has 0 atom stereocenters.